The Morgan fingerprint density at radius 1 is 1.38 bits per heavy atom. The topological polar surface area (TPSA) is 106 Å². The maximum Gasteiger partial charge on any atom is 0.225 e. The summed E-state index contributed by atoms with van der Waals surface area (Å²) in [6.07, 6.45) is 8.72. The number of anilines is 1. The van der Waals surface area contributed by atoms with Crippen molar-refractivity contribution < 1.29 is 10.0 Å². The number of nitrogens with one attached hydrogen (secondary N) is 1. The van der Waals surface area contributed by atoms with Gasteiger partial charge in [-0.2, -0.15) is 5.10 Å². The number of oxime groups is 1. The van der Waals surface area contributed by atoms with Crippen molar-refractivity contribution in [3.8, 4) is 0 Å². The van der Waals surface area contributed by atoms with Gasteiger partial charge >= 0.3 is 0 Å². The van der Waals surface area contributed by atoms with Gasteiger partial charge in [-0.05, 0) is 6.42 Å². The number of rotatable bonds is 9. The van der Waals surface area contributed by atoms with Crippen molar-refractivity contribution in [2.45, 2.75) is 51.9 Å². The van der Waals surface area contributed by atoms with E-state index >= 15 is 0 Å². The van der Waals surface area contributed by atoms with Crippen molar-refractivity contribution >= 4 is 17.6 Å². The molecule has 21 heavy (non-hydrogen) atoms. The van der Waals surface area contributed by atoms with Crippen LogP contribution in [0, 0.1) is 0 Å². The number of nitrogens with two attached hydrogens (primary N) is 1. The highest BCUT2D eigenvalue weighted by molar-refractivity contribution is 6.04. The van der Waals surface area contributed by atoms with Crippen LogP contribution in [0.4, 0.5) is 5.82 Å². The fourth-order valence-electron chi connectivity index (χ4n) is 2.09. The first-order valence-electron chi connectivity index (χ1n) is 7.39. The summed E-state index contributed by atoms with van der Waals surface area (Å²) in [5.41, 5.74) is 5.96. The Kier molecular flexibility index (Phi) is 7.28. The number of aromatic nitrogens is 2. The Labute approximate surface area is 125 Å². The van der Waals surface area contributed by atoms with E-state index in [0.717, 1.165) is 12.8 Å². The van der Waals surface area contributed by atoms with Crippen molar-refractivity contribution in [2.24, 2.45) is 17.9 Å². The predicted molar refractivity (Wildman–Crippen MR) is 82.3 cm³/mol. The quantitative estimate of drug-likeness (QED) is 0.213. The second-order valence-electron chi connectivity index (χ2n) is 5.08. The molecular weight excluding hydrogens is 270 g/mol. The summed E-state index contributed by atoms with van der Waals surface area (Å²) in [4.78, 5) is 11.9. The standard InChI is InChI=1S/C14H25N5O2/c1-3-4-5-6-7-8-9-12(20)17-14-11(13(15)18-21)10-16-19(14)2/h10,21H,3-9H2,1-2H3,(H2,15,18)(H,17,20). The van der Waals surface area contributed by atoms with Crippen molar-refractivity contribution in [1.82, 2.24) is 9.78 Å². The number of aryl methyl sites for hydroxylation is 1. The molecule has 1 rings (SSSR count). The molecule has 118 valence electrons. The molecule has 7 heteroatoms. The fourth-order valence-corrected chi connectivity index (χ4v) is 2.09. The minimum absolute atomic E-state index is 0.0713. The van der Waals surface area contributed by atoms with Crippen LogP contribution >= 0.6 is 0 Å². The van der Waals surface area contributed by atoms with Crippen molar-refractivity contribution in [1.29, 1.82) is 0 Å². The first-order valence-corrected chi connectivity index (χ1v) is 7.39. The molecule has 0 spiro atoms. The number of hydrogen-bond acceptors (Lipinski definition) is 4. The predicted octanol–water partition coefficient (Wildman–Crippen LogP) is 2.20. The molecule has 0 radical (unpaired) electrons. The number of amidine groups is 1. The summed E-state index contributed by atoms with van der Waals surface area (Å²) in [5, 5.41) is 18.4. The average Bonchev–Trinajstić information content (AvgIpc) is 2.83. The third-order valence-electron chi connectivity index (χ3n) is 3.34. The SMILES string of the molecule is CCCCCCCCC(=O)Nc1c(C(N)=NO)cnn1C. The first kappa shape index (κ1) is 17.0. The summed E-state index contributed by atoms with van der Waals surface area (Å²) in [6, 6.07) is 0. The molecule has 0 unspecified atom stereocenters. The van der Waals surface area contributed by atoms with E-state index in [1.54, 1.807) is 7.05 Å². The van der Waals surface area contributed by atoms with Crippen molar-refractivity contribution in [3.63, 3.8) is 0 Å². The van der Waals surface area contributed by atoms with Gasteiger partial charge in [-0.25, -0.2) is 0 Å². The van der Waals surface area contributed by atoms with Gasteiger partial charge in [0.2, 0.25) is 5.91 Å². The molecule has 7 nitrogen and oxygen atoms in total. The van der Waals surface area contributed by atoms with Gasteiger partial charge in [-0.1, -0.05) is 44.2 Å². The Balaban J connectivity index is 2.43. The van der Waals surface area contributed by atoms with Crippen LogP contribution in [-0.2, 0) is 11.8 Å². The molecule has 0 aromatic carbocycles. The molecule has 0 saturated carbocycles. The Morgan fingerprint density at radius 2 is 2.05 bits per heavy atom. The monoisotopic (exact) mass is 295 g/mol. The van der Waals surface area contributed by atoms with Crippen molar-refractivity contribution in [2.75, 3.05) is 5.32 Å². The maximum atomic E-state index is 11.9. The van der Waals surface area contributed by atoms with E-state index in [1.807, 2.05) is 0 Å². The highest BCUT2D eigenvalue weighted by atomic mass is 16.4. The normalized spacial score (nSPS) is 11.6. The molecule has 0 aliphatic carbocycles. The summed E-state index contributed by atoms with van der Waals surface area (Å²) in [7, 11) is 1.69. The zero-order valence-electron chi connectivity index (χ0n) is 12.8. The largest absolute Gasteiger partial charge is 0.409 e. The Morgan fingerprint density at radius 3 is 2.71 bits per heavy atom. The van der Waals surface area contributed by atoms with Gasteiger partial charge in [-0.3, -0.25) is 9.48 Å². The molecule has 1 heterocycles. The van der Waals surface area contributed by atoms with Crippen LogP contribution < -0.4 is 11.1 Å². The Bertz CT molecular complexity index is 482. The summed E-state index contributed by atoms with van der Waals surface area (Å²) < 4.78 is 1.49. The van der Waals surface area contributed by atoms with Crippen LogP contribution in [0.1, 0.15) is 57.4 Å². The van der Waals surface area contributed by atoms with Gasteiger partial charge < -0.3 is 16.3 Å². The molecule has 0 saturated heterocycles. The van der Waals surface area contributed by atoms with Crippen molar-refractivity contribution in [3.05, 3.63) is 11.8 Å². The minimum Gasteiger partial charge on any atom is -0.409 e. The first-order chi connectivity index (χ1) is 10.1. The van der Waals surface area contributed by atoms with Gasteiger partial charge in [0.1, 0.15) is 5.82 Å². The number of amides is 1. The lowest BCUT2D eigenvalue weighted by Crippen LogP contribution is -2.19. The van der Waals surface area contributed by atoms with E-state index < -0.39 is 0 Å². The lowest BCUT2D eigenvalue weighted by atomic mass is 10.1. The third-order valence-corrected chi connectivity index (χ3v) is 3.34. The zero-order chi connectivity index (χ0) is 15.7. The lowest BCUT2D eigenvalue weighted by molar-refractivity contribution is -0.116. The second-order valence-corrected chi connectivity index (χ2v) is 5.08. The van der Waals surface area contributed by atoms with Gasteiger partial charge in [0.05, 0.1) is 11.8 Å². The maximum absolute atomic E-state index is 11.9. The second kappa shape index (κ2) is 8.99. The number of hydrogen-bond donors (Lipinski definition) is 3. The number of carbonyl (C=O) groups excluding carboxylic acids is 1. The minimum atomic E-state index is -0.0823. The van der Waals surface area contributed by atoms with E-state index in [-0.39, 0.29) is 11.7 Å². The van der Waals surface area contributed by atoms with E-state index in [2.05, 4.69) is 22.5 Å². The zero-order valence-corrected chi connectivity index (χ0v) is 12.8. The number of nitrogens with zero attached hydrogens (tertiary/aromatic N) is 3. The van der Waals surface area contributed by atoms with E-state index in [9.17, 15) is 4.79 Å². The molecule has 0 aliphatic heterocycles. The van der Waals surface area contributed by atoms with Gasteiger partial charge in [0.25, 0.3) is 0 Å². The van der Waals surface area contributed by atoms with Crippen LogP contribution in [-0.4, -0.2) is 26.7 Å². The van der Waals surface area contributed by atoms with E-state index in [4.69, 9.17) is 10.9 Å². The van der Waals surface area contributed by atoms with E-state index in [1.165, 1.54) is 36.6 Å². The summed E-state index contributed by atoms with van der Waals surface area (Å²) in [6.45, 7) is 2.18. The molecule has 0 bridgehead atoms. The summed E-state index contributed by atoms with van der Waals surface area (Å²) >= 11 is 0. The molecule has 1 aromatic heterocycles. The average molecular weight is 295 g/mol. The van der Waals surface area contributed by atoms with Crippen LogP contribution in [0.5, 0.6) is 0 Å². The molecule has 1 aromatic rings. The van der Waals surface area contributed by atoms with E-state index in [0.29, 0.717) is 17.8 Å². The lowest BCUT2D eigenvalue weighted by Gasteiger charge is -2.08. The molecular formula is C14H25N5O2. The highest BCUT2D eigenvalue weighted by Gasteiger charge is 2.14. The van der Waals surface area contributed by atoms with Crippen LogP contribution in [0.3, 0.4) is 0 Å². The molecule has 4 N–H and O–H groups in total. The van der Waals surface area contributed by atoms with Crippen LogP contribution in [0.2, 0.25) is 0 Å². The third kappa shape index (κ3) is 5.45. The van der Waals surface area contributed by atoms with Crippen LogP contribution in [0.25, 0.3) is 0 Å². The smallest absolute Gasteiger partial charge is 0.225 e. The fraction of sp³-hybridized carbons (Fsp3) is 0.643. The van der Waals surface area contributed by atoms with Gasteiger partial charge in [0.15, 0.2) is 5.84 Å². The van der Waals surface area contributed by atoms with Gasteiger partial charge in [-0.15, -0.1) is 0 Å². The molecule has 0 atom stereocenters. The number of unbranched alkanes of at least 4 members (excludes halogenated alkanes) is 5. The summed E-state index contributed by atoms with van der Waals surface area (Å²) in [5.74, 6) is 0.292. The molecule has 0 aliphatic rings. The molecule has 1 amide bonds. The number of carbonyl (C=O) groups is 1. The molecule has 0 fully saturated rings. The Hall–Kier alpha value is -2.05. The van der Waals surface area contributed by atoms with Gasteiger partial charge in [0, 0.05) is 13.5 Å². The van der Waals surface area contributed by atoms with Crippen LogP contribution in [0.15, 0.2) is 11.4 Å². The highest BCUT2D eigenvalue weighted by Crippen LogP contribution is 2.15.